The first-order valence-corrected chi connectivity index (χ1v) is 10.2. The summed E-state index contributed by atoms with van der Waals surface area (Å²) in [5, 5.41) is 6.30. The van der Waals surface area contributed by atoms with Gasteiger partial charge in [0.25, 0.3) is 5.91 Å². The number of ether oxygens (including phenoxy) is 2. The van der Waals surface area contributed by atoms with E-state index >= 15 is 0 Å². The molecule has 1 heterocycles. The lowest BCUT2D eigenvalue weighted by molar-refractivity contribution is -0.128. The second kappa shape index (κ2) is 9.93. The maximum atomic E-state index is 12.6. The molecule has 2 amide bonds. The summed E-state index contributed by atoms with van der Waals surface area (Å²) in [5.41, 5.74) is 0.195. The van der Waals surface area contributed by atoms with Gasteiger partial charge in [0.2, 0.25) is 5.91 Å². The van der Waals surface area contributed by atoms with E-state index in [9.17, 15) is 9.59 Å². The summed E-state index contributed by atoms with van der Waals surface area (Å²) in [6.45, 7) is 6.53. The highest BCUT2D eigenvalue weighted by molar-refractivity contribution is 6.30. The summed E-state index contributed by atoms with van der Waals surface area (Å²) in [4.78, 5) is 26.9. The van der Waals surface area contributed by atoms with Gasteiger partial charge in [0.1, 0.15) is 5.75 Å². The molecule has 1 aliphatic heterocycles. The Morgan fingerprint density at radius 2 is 1.57 bits per heavy atom. The molecule has 0 bridgehead atoms. The van der Waals surface area contributed by atoms with Gasteiger partial charge in [-0.2, -0.15) is 0 Å². The van der Waals surface area contributed by atoms with Gasteiger partial charge < -0.3 is 20.1 Å². The number of amides is 2. The average Bonchev–Trinajstić information content (AvgIpc) is 2.71. The van der Waals surface area contributed by atoms with Crippen LogP contribution in [0.3, 0.4) is 0 Å². The number of anilines is 2. The van der Waals surface area contributed by atoms with E-state index in [-0.39, 0.29) is 11.8 Å². The standard InChI is InChI=1S/C22H26ClN3O4/c1-22(2,30-19-9-3-16(23)4-10-19)21(28)25-18-7-5-17(6-8-18)24-20(27)15-26-11-13-29-14-12-26/h3-10H,11-15H2,1-2H3,(H,24,27)(H,25,28). The van der Waals surface area contributed by atoms with Gasteiger partial charge in [-0.05, 0) is 62.4 Å². The Balaban J connectivity index is 1.51. The van der Waals surface area contributed by atoms with Crippen LogP contribution in [0.15, 0.2) is 48.5 Å². The van der Waals surface area contributed by atoms with Crippen molar-refractivity contribution in [3.8, 4) is 5.75 Å². The molecule has 0 unspecified atom stereocenters. The fourth-order valence-corrected chi connectivity index (χ4v) is 3.05. The van der Waals surface area contributed by atoms with Gasteiger partial charge in [-0.3, -0.25) is 14.5 Å². The lowest BCUT2D eigenvalue weighted by Gasteiger charge is -2.26. The molecule has 2 aromatic rings. The smallest absolute Gasteiger partial charge is 0.267 e. The number of carbonyl (C=O) groups excluding carboxylic acids is 2. The van der Waals surface area contributed by atoms with Crippen molar-refractivity contribution in [3.63, 3.8) is 0 Å². The minimum Gasteiger partial charge on any atom is -0.478 e. The van der Waals surface area contributed by atoms with E-state index in [4.69, 9.17) is 21.1 Å². The van der Waals surface area contributed by atoms with Crippen molar-refractivity contribution in [2.75, 3.05) is 43.5 Å². The zero-order valence-electron chi connectivity index (χ0n) is 17.1. The van der Waals surface area contributed by atoms with E-state index in [0.29, 0.717) is 41.9 Å². The zero-order chi connectivity index (χ0) is 21.6. The minimum atomic E-state index is -1.08. The van der Waals surface area contributed by atoms with Crippen LogP contribution in [0.5, 0.6) is 5.75 Å². The molecule has 0 saturated carbocycles. The molecule has 7 nitrogen and oxygen atoms in total. The highest BCUT2D eigenvalue weighted by Gasteiger charge is 2.30. The molecule has 0 spiro atoms. The Labute approximate surface area is 181 Å². The lowest BCUT2D eigenvalue weighted by Crippen LogP contribution is -2.42. The summed E-state index contributed by atoms with van der Waals surface area (Å²) < 4.78 is 11.1. The molecule has 160 valence electrons. The van der Waals surface area contributed by atoms with Gasteiger partial charge in [-0.25, -0.2) is 0 Å². The number of nitrogens with zero attached hydrogens (tertiary/aromatic N) is 1. The van der Waals surface area contributed by atoms with Gasteiger partial charge in [-0.1, -0.05) is 11.6 Å². The summed E-state index contributed by atoms with van der Waals surface area (Å²) in [6.07, 6.45) is 0. The summed E-state index contributed by atoms with van der Waals surface area (Å²) in [6, 6.07) is 13.8. The molecular formula is C22H26ClN3O4. The van der Waals surface area contributed by atoms with Crippen molar-refractivity contribution < 1.29 is 19.1 Å². The number of rotatable bonds is 7. The molecule has 0 atom stereocenters. The largest absolute Gasteiger partial charge is 0.478 e. The Kier molecular flexibility index (Phi) is 7.31. The lowest BCUT2D eigenvalue weighted by atomic mass is 10.1. The van der Waals surface area contributed by atoms with Crippen LogP contribution >= 0.6 is 11.6 Å². The second-order valence-electron chi connectivity index (χ2n) is 7.53. The molecule has 2 aromatic carbocycles. The normalized spacial score (nSPS) is 14.8. The number of hydrogen-bond acceptors (Lipinski definition) is 5. The highest BCUT2D eigenvalue weighted by atomic mass is 35.5. The summed E-state index contributed by atoms with van der Waals surface area (Å²) in [5.74, 6) is 0.186. The predicted molar refractivity (Wildman–Crippen MR) is 117 cm³/mol. The quantitative estimate of drug-likeness (QED) is 0.702. The number of halogens is 1. The fourth-order valence-electron chi connectivity index (χ4n) is 2.93. The van der Waals surface area contributed by atoms with Crippen LogP contribution < -0.4 is 15.4 Å². The van der Waals surface area contributed by atoms with E-state index in [1.165, 1.54) is 0 Å². The summed E-state index contributed by atoms with van der Waals surface area (Å²) in [7, 11) is 0. The Bertz CT molecular complexity index is 863. The summed E-state index contributed by atoms with van der Waals surface area (Å²) >= 11 is 5.88. The Hall–Kier alpha value is -2.61. The number of morpholine rings is 1. The fraction of sp³-hybridized carbons (Fsp3) is 0.364. The van der Waals surface area contributed by atoms with E-state index in [1.807, 2.05) is 0 Å². The molecule has 0 aromatic heterocycles. The van der Waals surface area contributed by atoms with Crippen molar-refractivity contribution in [1.29, 1.82) is 0 Å². The maximum absolute atomic E-state index is 12.6. The van der Waals surface area contributed by atoms with Crippen LogP contribution in [0.2, 0.25) is 5.02 Å². The van der Waals surface area contributed by atoms with Crippen LogP contribution in [0, 0.1) is 0 Å². The van der Waals surface area contributed by atoms with E-state index in [1.54, 1.807) is 62.4 Å². The molecule has 1 saturated heterocycles. The van der Waals surface area contributed by atoms with E-state index in [0.717, 1.165) is 13.1 Å². The van der Waals surface area contributed by atoms with Gasteiger partial charge in [-0.15, -0.1) is 0 Å². The van der Waals surface area contributed by atoms with Crippen molar-refractivity contribution in [1.82, 2.24) is 4.90 Å². The molecule has 2 N–H and O–H groups in total. The highest BCUT2D eigenvalue weighted by Crippen LogP contribution is 2.22. The first-order valence-electron chi connectivity index (χ1n) is 9.78. The Morgan fingerprint density at radius 1 is 1.00 bits per heavy atom. The van der Waals surface area contributed by atoms with Crippen LogP contribution in [0.25, 0.3) is 0 Å². The first kappa shape index (κ1) is 22.1. The van der Waals surface area contributed by atoms with Gasteiger partial charge in [0.15, 0.2) is 5.60 Å². The van der Waals surface area contributed by atoms with Crippen molar-refractivity contribution in [2.24, 2.45) is 0 Å². The van der Waals surface area contributed by atoms with Crippen LogP contribution in [0.4, 0.5) is 11.4 Å². The van der Waals surface area contributed by atoms with Crippen molar-refractivity contribution in [3.05, 3.63) is 53.6 Å². The molecule has 1 fully saturated rings. The van der Waals surface area contributed by atoms with Gasteiger partial charge >= 0.3 is 0 Å². The zero-order valence-corrected chi connectivity index (χ0v) is 17.9. The monoisotopic (exact) mass is 431 g/mol. The van der Waals surface area contributed by atoms with E-state index in [2.05, 4.69) is 15.5 Å². The molecule has 3 rings (SSSR count). The topological polar surface area (TPSA) is 79.9 Å². The van der Waals surface area contributed by atoms with Gasteiger partial charge in [0, 0.05) is 29.5 Å². The Morgan fingerprint density at radius 3 is 2.17 bits per heavy atom. The average molecular weight is 432 g/mol. The van der Waals surface area contributed by atoms with Crippen molar-refractivity contribution >= 4 is 34.8 Å². The van der Waals surface area contributed by atoms with Crippen LogP contribution in [0.1, 0.15) is 13.8 Å². The molecule has 30 heavy (non-hydrogen) atoms. The molecule has 0 aliphatic carbocycles. The number of nitrogens with one attached hydrogen (secondary N) is 2. The minimum absolute atomic E-state index is 0.0776. The third kappa shape index (κ3) is 6.45. The van der Waals surface area contributed by atoms with Gasteiger partial charge in [0.05, 0.1) is 19.8 Å². The third-order valence-electron chi connectivity index (χ3n) is 4.63. The SMILES string of the molecule is CC(C)(Oc1ccc(Cl)cc1)C(=O)Nc1ccc(NC(=O)CN2CCOCC2)cc1. The number of hydrogen-bond donors (Lipinski definition) is 2. The van der Waals surface area contributed by atoms with Crippen LogP contribution in [-0.4, -0.2) is 55.2 Å². The second-order valence-corrected chi connectivity index (χ2v) is 7.97. The molecule has 0 radical (unpaired) electrons. The predicted octanol–water partition coefficient (Wildman–Crippen LogP) is 3.41. The van der Waals surface area contributed by atoms with Crippen LogP contribution in [-0.2, 0) is 14.3 Å². The maximum Gasteiger partial charge on any atom is 0.267 e. The first-order chi connectivity index (χ1) is 14.3. The van der Waals surface area contributed by atoms with Crippen molar-refractivity contribution in [2.45, 2.75) is 19.4 Å². The molecular weight excluding hydrogens is 406 g/mol. The third-order valence-corrected chi connectivity index (χ3v) is 4.88. The van der Waals surface area contributed by atoms with E-state index < -0.39 is 5.60 Å². The number of benzene rings is 2. The molecule has 1 aliphatic rings. The number of carbonyl (C=O) groups is 2. The molecule has 8 heteroatoms.